The van der Waals surface area contributed by atoms with Crippen LogP contribution >= 0.6 is 0 Å². The summed E-state index contributed by atoms with van der Waals surface area (Å²) in [6.45, 7) is 3.64. The van der Waals surface area contributed by atoms with Gasteiger partial charge in [-0.1, -0.05) is 32.1 Å². The average Bonchev–Trinajstić information content (AvgIpc) is 3.18. The Balaban J connectivity index is 1.31. The first kappa shape index (κ1) is 13.4. The van der Waals surface area contributed by atoms with Gasteiger partial charge in [-0.25, -0.2) is 0 Å². The zero-order chi connectivity index (χ0) is 11.8. The van der Waals surface area contributed by atoms with Crippen LogP contribution in [0.3, 0.4) is 0 Å². The first-order valence-electron chi connectivity index (χ1n) is 7.89. The summed E-state index contributed by atoms with van der Waals surface area (Å²) in [6, 6.07) is 0.876. The Morgan fingerprint density at radius 2 is 1.53 bits per heavy atom. The molecular weight excluding hydrogens is 208 g/mol. The minimum Gasteiger partial charge on any atom is -0.317 e. The fraction of sp³-hybridized carbons (Fsp3) is 1.00. The van der Waals surface area contributed by atoms with Crippen molar-refractivity contribution in [3.05, 3.63) is 0 Å². The van der Waals surface area contributed by atoms with E-state index < -0.39 is 0 Å². The predicted octanol–water partition coefficient (Wildman–Crippen LogP) is 3.08. The molecule has 0 amide bonds. The second-order valence-electron chi connectivity index (χ2n) is 5.98. The van der Waals surface area contributed by atoms with E-state index in [-0.39, 0.29) is 0 Å². The maximum Gasteiger partial charge on any atom is 0.00682 e. The first-order chi connectivity index (χ1) is 8.45. The molecule has 2 aliphatic carbocycles. The molecule has 2 rings (SSSR count). The maximum absolute atomic E-state index is 3.58. The molecule has 2 N–H and O–H groups in total. The van der Waals surface area contributed by atoms with Crippen molar-refractivity contribution >= 4 is 0 Å². The molecule has 0 bridgehead atoms. The lowest BCUT2D eigenvalue weighted by molar-refractivity contribution is 0.330. The molecule has 0 atom stereocenters. The Hall–Kier alpha value is -0.0800. The zero-order valence-electron chi connectivity index (χ0n) is 11.3. The summed E-state index contributed by atoms with van der Waals surface area (Å²) in [6.07, 6.45) is 14.5. The highest BCUT2D eigenvalue weighted by molar-refractivity contribution is 4.80. The third kappa shape index (κ3) is 6.42. The van der Waals surface area contributed by atoms with Gasteiger partial charge < -0.3 is 10.6 Å². The highest BCUT2D eigenvalue weighted by atomic mass is 14.9. The molecule has 2 saturated carbocycles. The van der Waals surface area contributed by atoms with Crippen LogP contribution in [-0.4, -0.2) is 25.7 Å². The molecule has 2 aliphatic rings. The van der Waals surface area contributed by atoms with Crippen molar-refractivity contribution in [1.82, 2.24) is 10.6 Å². The van der Waals surface area contributed by atoms with Gasteiger partial charge in [-0.05, 0) is 57.7 Å². The van der Waals surface area contributed by atoms with Gasteiger partial charge in [-0.2, -0.15) is 0 Å². The molecule has 0 aromatic rings. The summed E-state index contributed by atoms with van der Waals surface area (Å²) in [5, 5.41) is 7.14. The molecule has 17 heavy (non-hydrogen) atoms. The van der Waals surface area contributed by atoms with Gasteiger partial charge in [0.05, 0.1) is 0 Å². The molecule has 0 saturated heterocycles. The lowest BCUT2D eigenvalue weighted by atomic mass is 9.86. The van der Waals surface area contributed by atoms with Gasteiger partial charge in [0.2, 0.25) is 0 Å². The van der Waals surface area contributed by atoms with Gasteiger partial charge in [0, 0.05) is 6.04 Å². The van der Waals surface area contributed by atoms with Crippen molar-refractivity contribution in [2.24, 2.45) is 5.92 Å². The zero-order valence-corrected chi connectivity index (χ0v) is 11.3. The summed E-state index contributed by atoms with van der Waals surface area (Å²) >= 11 is 0. The van der Waals surface area contributed by atoms with E-state index in [0.717, 1.165) is 12.0 Å². The van der Waals surface area contributed by atoms with Crippen LogP contribution in [0.25, 0.3) is 0 Å². The van der Waals surface area contributed by atoms with Crippen LogP contribution < -0.4 is 10.6 Å². The SMILES string of the molecule is C1CCC(CCCNCCCNC2CC2)CC1. The molecule has 2 heteroatoms. The molecule has 2 fully saturated rings. The van der Waals surface area contributed by atoms with E-state index in [1.807, 2.05) is 0 Å². The van der Waals surface area contributed by atoms with E-state index >= 15 is 0 Å². The summed E-state index contributed by atoms with van der Waals surface area (Å²) < 4.78 is 0. The van der Waals surface area contributed by atoms with Gasteiger partial charge in [0.15, 0.2) is 0 Å². The Morgan fingerprint density at radius 3 is 2.29 bits per heavy atom. The average molecular weight is 238 g/mol. The Kier molecular flexibility index (Phi) is 6.36. The van der Waals surface area contributed by atoms with Crippen molar-refractivity contribution in [1.29, 1.82) is 0 Å². The first-order valence-corrected chi connectivity index (χ1v) is 7.89. The van der Waals surface area contributed by atoms with Crippen molar-refractivity contribution in [3.63, 3.8) is 0 Å². The highest BCUT2D eigenvalue weighted by Gasteiger charge is 2.19. The van der Waals surface area contributed by atoms with Gasteiger partial charge >= 0.3 is 0 Å². The molecule has 100 valence electrons. The fourth-order valence-electron chi connectivity index (χ4n) is 2.92. The van der Waals surface area contributed by atoms with Crippen molar-refractivity contribution in [3.8, 4) is 0 Å². The summed E-state index contributed by atoms with van der Waals surface area (Å²) in [5.74, 6) is 1.06. The number of nitrogens with one attached hydrogen (secondary N) is 2. The van der Waals surface area contributed by atoms with Crippen LogP contribution in [0, 0.1) is 5.92 Å². The molecular formula is C15H30N2. The standard InChI is InChI=1S/C15H30N2/c1-2-6-14(7-3-1)8-4-11-16-12-5-13-17-15-9-10-15/h14-17H,1-13H2. The number of hydrogen-bond acceptors (Lipinski definition) is 2. The van der Waals surface area contributed by atoms with Crippen LogP contribution in [0.2, 0.25) is 0 Å². The van der Waals surface area contributed by atoms with Crippen molar-refractivity contribution < 1.29 is 0 Å². The largest absolute Gasteiger partial charge is 0.317 e. The smallest absolute Gasteiger partial charge is 0.00682 e. The van der Waals surface area contributed by atoms with E-state index in [0.29, 0.717) is 0 Å². The molecule has 0 aliphatic heterocycles. The van der Waals surface area contributed by atoms with E-state index in [1.165, 1.54) is 83.8 Å². The van der Waals surface area contributed by atoms with Crippen LogP contribution in [0.4, 0.5) is 0 Å². The Bertz CT molecular complexity index is 183. The maximum atomic E-state index is 3.58. The van der Waals surface area contributed by atoms with Crippen LogP contribution in [0.5, 0.6) is 0 Å². The summed E-state index contributed by atoms with van der Waals surface area (Å²) in [7, 11) is 0. The Morgan fingerprint density at radius 1 is 0.765 bits per heavy atom. The lowest BCUT2D eigenvalue weighted by Gasteiger charge is -2.21. The quantitative estimate of drug-likeness (QED) is 0.603. The minimum absolute atomic E-state index is 0.876. The van der Waals surface area contributed by atoms with E-state index in [4.69, 9.17) is 0 Å². The second kappa shape index (κ2) is 8.10. The van der Waals surface area contributed by atoms with Gasteiger partial charge in [-0.15, -0.1) is 0 Å². The number of rotatable bonds is 9. The molecule has 0 heterocycles. The molecule has 0 radical (unpaired) electrons. The molecule has 0 aromatic heterocycles. The highest BCUT2D eigenvalue weighted by Crippen LogP contribution is 2.26. The second-order valence-corrected chi connectivity index (χ2v) is 5.98. The minimum atomic E-state index is 0.876. The fourth-order valence-corrected chi connectivity index (χ4v) is 2.92. The summed E-state index contributed by atoms with van der Waals surface area (Å²) in [5.41, 5.74) is 0. The van der Waals surface area contributed by atoms with Crippen LogP contribution in [-0.2, 0) is 0 Å². The molecule has 0 spiro atoms. The van der Waals surface area contributed by atoms with Gasteiger partial charge in [0.1, 0.15) is 0 Å². The van der Waals surface area contributed by atoms with E-state index in [2.05, 4.69) is 10.6 Å². The normalized spacial score (nSPS) is 21.9. The number of hydrogen-bond donors (Lipinski definition) is 2. The van der Waals surface area contributed by atoms with Gasteiger partial charge in [0.25, 0.3) is 0 Å². The third-order valence-electron chi connectivity index (χ3n) is 4.23. The molecule has 0 unspecified atom stereocenters. The third-order valence-corrected chi connectivity index (χ3v) is 4.23. The monoisotopic (exact) mass is 238 g/mol. The molecule has 0 aromatic carbocycles. The van der Waals surface area contributed by atoms with E-state index in [9.17, 15) is 0 Å². The summed E-state index contributed by atoms with van der Waals surface area (Å²) in [4.78, 5) is 0. The van der Waals surface area contributed by atoms with Crippen molar-refractivity contribution in [2.45, 2.75) is 70.3 Å². The van der Waals surface area contributed by atoms with Crippen LogP contribution in [0.15, 0.2) is 0 Å². The molecule has 2 nitrogen and oxygen atoms in total. The van der Waals surface area contributed by atoms with E-state index in [1.54, 1.807) is 0 Å². The Labute approximate surface area is 107 Å². The predicted molar refractivity (Wildman–Crippen MR) is 74.3 cm³/mol. The van der Waals surface area contributed by atoms with Crippen molar-refractivity contribution in [2.75, 3.05) is 19.6 Å². The van der Waals surface area contributed by atoms with Crippen LogP contribution in [0.1, 0.15) is 64.2 Å². The topological polar surface area (TPSA) is 24.1 Å². The van der Waals surface area contributed by atoms with Gasteiger partial charge in [-0.3, -0.25) is 0 Å². The lowest BCUT2D eigenvalue weighted by Crippen LogP contribution is -2.24.